The summed E-state index contributed by atoms with van der Waals surface area (Å²) in [6.45, 7) is 3.75. The van der Waals surface area contributed by atoms with Crippen molar-refractivity contribution < 1.29 is 4.42 Å². The molecule has 1 aliphatic heterocycles. The maximum atomic E-state index is 5.96. The second kappa shape index (κ2) is 5.55. The number of nitrogens with zero attached hydrogens (tertiary/aromatic N) is 4. The fourth-order valence-corrected chi connectivity index (χ4v) is 2.65. The molecule has 0 aliphatic carbocycles. The van der Waals surface area contributed by atoms with Gasteiger partial charge in [-0.2, -0.15) is 0 Å². The van der Waals surface area contributed by atoms with Crippen LogP contribution in [0, 0.1) is 0 Å². The van der Waals surface area contributed by atoms with Crippen LogP contribution in [0.25, 0.3) is 22.6 Å². The number of benzene rings is 1. The summed E-state index contributed by atoms with van der Waals surface area (Å²) in [7, 11) is 0. The summed E-state index contributed by atoms with van der Waals surface area (Å²) in [5.41, 5.74) is 2.19. The van der Waals surface area contributed by atoms with Crippen LogP contribution in [0.2, 0.25) is 5.02 Å². The normalized spacial score (nSPS) is 15.4. The van der Waals surface area contributed by atoms with Gasteiger partial charge in [0.25, 0.3) is 0 Å². The third kappa shape index (κ3) is 2.51. The smallest absolute Gasteiger partial charge is 0.230 e. The number of aromatic nitrogens is 3. The van der Waals surface area contributed by atoms with Crippen LogP contribution >= 0.6 is 11.6 Å². The van der Waals surface area contributed by atoms with E-state index < -0.39 is 0 Å². The fourth-order valence-electron chi connectivity index (χ4n) is 2.48. The number of fused-ring (bicyclic) bond motifs is 1. The average Bonchev–Trinajstić information content (AvgIpc) is 2.99. The monoisotopic (exact) mass is 315 g/mol. The lowest BCUT2D eigenvalue weighted by Crippen LogP contribution is -2.44. The molecule has 2 aromatic heterocycles. The van der Waals surface area contributed by atoms with Crippen molar-refractivity contribution in [2.75, 3.05) is 31.1 Å². The van der Waals surface area contributed by atoms with Gasteiger partial charge in [-0.05, 0) is 18.2 Å². The Morgan fingerprint density at radius 1 is 1.14 bits per heavy atom. The van der Waals surface area contributed by atoms with E-state index in [1.165, 1.54) is 0 Å². The van der Waals surface area contributed by atoms with Crippen molar-refractivity contribution in [2.45, 2.75) is 0 Å². The maximum absolute atomic E-state index is 5.96. The summed E-state index contributed by atoms with van der Waals surface area (Å²) < 4.78 is 5.72. The highest BCUT2D eigenvalue weighted by atomic mass is 35.5. The molecular formula is C15H14ClN5O. The van der Waals surface area contributed by atoms with Crippen LogP contribution in [0.5, 0.6) is 0 Å². The first-order valence-electron chi connectivity index (χ1n) is 7.14. The highest BCUT2D eigenvalue weighted by Crippen LogP contribution is 2.25. The van der Waals surface area contributed by atoms with Crippen molar-refractivity contribution in [3.8, 4) is 11.5 Å². The Morgan fingerprint density at radius 2 is 1.91 bits per heavy atom. The molecule has 0 bridgehead atoms. The standard InChI is InChI=1S/C15H14ClN5O/c16-11-1-2-13-12(7-11)20-14(22-13)10-8-18-15(19-9-10)21-5-3-17-4-6-21/h1-2,7-9,17H,3-6H2. The largest absolute Gasteiger partial charge is 0.436 e. The average molecular weight is 316 g/mol. The Hall–Kier alpha value is -2.18. The Kier molecular flexibility index (Phi) is 3.40. The molecule has 1 N–H and O–H groups in total. The van der Waals surface area contributed by atoms with E-state index in [4.69, 9.17) is 16.0 Å². The van der Waals surface area contributed by atoms with Gasteiger partial charge in [0, 0.05) is 43.6 Å². The summed E-state index contributed by atoms with van der Waals surface area (Å²) >= 11 is 5.96. The first kappa shape index (κ1) is 13.5. The molecule has 4 rings (SSSR count). The predicted molar refractivity (Wildman–Crippen MR) is 85.1 cm³/mol. The minimum Gasteiger partial charge on any atom is -0.436 e. The molecule has 1 aromatic carbocycles. The molecule has 0 amide bonds. The third-order valence-electron chi connectivity index (χ3n) is 3.63. The molecule has 22 heavy (non-hydrogen) atoms. The molecule has 7 heteroatoms. The topological polar surface area (TPSA) is 67.1 Å². The molecular weight excluding hydrogens is 302 g/mol. The molecule has 1 saturated heterocycles. The summed E-state index contributed by atoms with van der Waals surface area (Å²) in [6, 6.07) is 5.37. The molecule has 3 aromatic rings. The molecule has 0 saturated carbocycles. The molecule has 6 nitrogen and oxygen atoms in total. The second-order valence-electron chi connectivity index (χ2n) is 5.14. The molecule has 1 fully saturated rings. The first-order chi connectivity index (χ1) is 10.8. The molecule has 0 atom stereocenters. The number of hydrogen-bond donors (Lipinski definition) is 1. The lowest BCUT2D eigenvalue weighted by atomic mass is 10.3. The van der Waals surface area contributed by atoms with Gasteiger partial charge in [-0.15, -0.1) is 0 Å². The molecule has 3 heterocycles. The van der Waals surface area contributed by atoms with Gasteiger partial charge in [-0.1, -0.05) is 11.6 Å². The SMILES string of the molecule is Clc1ccc2oc(-c3cnc(N4CCNCC4)nc3)nc2c1. The molecule has 112 valence electrons. The van der Waals surface area contributed by atoms with E-state index in [1.807, 2.05) is 6.07 Å². The molecule has 0 unspecified atom stereocenters. The van der Waals surface area contributed by atoms with E-state index in [0.717, 1.165) is 43.2 Å². The number of nitrogens with one attached hydrogen (secondary N) is 1. The van der Waals surface area contributed by atoms with E-state index in [9.17, 15) is 0 Å². The quantitative estimate of drug-likeness (QED) is 0.783. The summed E-state index contributed by atoms with van der Waals surface area (Å²) in [6.07, 6.45) is 3.49. The molecule has 0 radical (unpaired) electrons. The van der Waals surface area contributed by atoms with Crippen LogP contribution in [0.4, 0.5) is 5.95 Å². The first-order valence-corrected chi connectivity index (χ1v) is 7.51. The van der Waals surface area contributed by atoms with E-state index in [1.54, 1.807) is 24.5 Å². The van der Waals surface area contributed by atoms with Crippen LogP contribution in [-0.2, 0) is 0 Å². The van der Waals surface area contributed by atoms with Gasteiger partial charge in [-0.3, -0.25) is 0 Å². The Bertz CT molecular complexity index is 795. The van der Waals surface area contributed by atoms with Gasteiger partial charge in [0.15, 0.2) is 5.58 Å². The van der Waals surface area contributed by atoms with Crippen molar-refractivity contribution in [1.82, 2.24) is 20.3 Å². The highest BCUT2D eigenvalue weighted by molar-refractivity contribution is 6.31. The second-order valence-corrected chi connectivity index (χ2v) is 5.58. The predicted octanol–water partition coefficient (Wildman–Crippen LogP) is 2.35. The summed E-state index contributed by atoms with van der Waals surface area (Å²) in [5, 5.41) is 3.94. The van der Waals surface area contributed by atoms with Crippen LogP contribution in [-0.4, -0.2) is 41.1 Å². The van der Waals surface area contributed by atoms with Crippen LogP contribution in [0.15, 0.2) is 35.0 Å². The maximum Gasteiger partial charge on any atom is 0.230 e. The lowest BCUT2D eigenvalue weighted by molar-refractivity contribution is 0.579. The van der Waals surface area contributed by atoms with E-state index >= 15 is 0 Å². The van der Waals surface area contributed by atoms with Crippen molar-refractivity contribution >= 4 is 28.6 Å². The van der Waals surface area contributed by atoms with Gasteiger partial charge in [0.05, 0.1) is 5.56 Å². The number of halogens is 1. The van der Waals surface area contributed by atoms with Gasteiger partial charge in [-0.25, -0.2) is 15.0 Å². The molecule has 1 aliphatic rings. The fraction of sp³-hybridized carbons (Fsp3) is 0.267. The van der Waals surface area contributed by atoms with Crippen molar-refractivity contribution in [3.05, 3.63) is 35.6 Å². The zero-order chi connectivity index (χ0) is 14.9. The Balaban J connectivity index is 1.63. The van der Waals surface area contributed by atoms with Crippen LogP contribution in [0.3, 0.4) is 0 Å². The van der Waals surface area contributed by atoms with Gasteiger partial charge in [0.1, 0.15) is 5.52 Å². The van der Waals surface area contributed by atoms with E-state index in [2.05, 4.69) is 25.2 Å². The van der Waals surface area contributed by atoms with Crippen molar-refractivity contribution in [3.63, 3.8) is 0 Å². The van der Waals surface area contributed by atoms with E-state index in [-0.39, 0.29) is 0 Å². The molecule has 0 spiro atoms. The number of hydrogen-bond acceptors (Lipinski definition) is 6. The minimum absolute atomic E-state index is 0.504. The highest BCUT2D eigenvalue weighted by Gasteiger charge is 2.14. The number of rotatable bonds is 2. The van der Waals surface area contributed by atoms with Crippen molar-refractivity contribution in [1.29, 1.82) is 0 Å². The number of oxazole rings is 1. The number of piperazine rings is 1. The van der Waals surface area contributed by atoms with Gasteiger partial charge < -0.3 is 14.6 Å². The lowest BCUT2D eigenvalue weighted by Gasteiger charge is -2.27. The Labute approximate surface area is 132 Å². The summed E-state index contributed by atoms with van der Waals surface area (Å²) in [5.74, 6) is 1.24. The number of anilines is 1. The third-order valence-corrected chi connectivity index (χ3v) is 3.87. The van der Waals surface area contributed by atoms with Crippen LogP contribution in [0.1, 0.15) is 0 Å². The van der Waals surface area contributed by atoms with Crippen LogP contribution < -0.4 is 10.2 Å². The van der Waals surface area contributed by atoms with Crippen molar-refractivity contribution in [2.24, 2.45) is 0 Å². The van der Waals surface area contributed by atoms with Gasteiger partial charge >= 0.3 is 0 Å². The zero-order valence-electron chi connectivity index (χ0n) is 11.8. The summed E-state index contributed by atoms with van der Waals surface area (Å²) in [4.78, 5) is 15.4. The minimum atomic E-state index is 0.504. The zero-order valence-corrected chi connectivity index (χ0v) is 12.5. The van der Waals surface area contributed by atoms with E-state index in [0.29, 0.717) is 16.5 Å². The Morgan fingerprint density at radius 3 is 2.68 bits per heavy atom. The van der Waals surface area contributed by atoms with Gasteiger partial charge in [0.2, 0.25) is 11.8 Å².